The second-order valence-electron chi connectivity index (χ2n) is 4.40. The monoisotopic (exact) mass is 248 g/mol. The van der Waals surface area contributed by atoms with Gasteiger partial charge in [0.1, 0.15) is 17.0 Å². The minimum absolute atomic E-state index is 1.03. The number of nitrogens with zero attached hydrogens (tertiary/aromatic N) is 3. The van der Waals surface area contributed by atoms with Gasteiger partial charge in [0, 0.05) is 31.1 Å². The van der Waals surface area contributed by atoms with Crippen LogP contribution in [0.15, 0.2) is 6.33 Å². The molecule has 0 saturated carbocycles. The lowest BCUT2D eigenvalue weighted by Crippen LogP contribution is -2.44. The zero-order valence-electron chi connectivity index (χ0n) is 10.2. The summed E-state index contributed by atoms with van der Waals surface area (Å²) < 4.78 is 0. The highest BCUT2D eigenvalue weighted by Gasteiger charge is 2.18. The number of rotatable bonds is 1. The standard InChI is InChI=1S/C12H16N4S/c1-8-9(2)17-12-10(8)11(14-7-15-12)16-5-3-13-4-6-16/h7,13H,3-6H2,1-2H3. The molecule has 4 nitrogen and oxygen atoms in total. The molecule has 1 saturated heterocycles. The van der Waals surface area contributed by atoms with Crippen molar-refractivity contribution in [3.05, 3.63) is 16.8 Å². The third-order valence-electron chi connectivity index (χ3n) is 3.36. The van der Waals surface area contributed by atoms with Crippen molar-refractivity contribution in [2.45, 2.75) is 13.8 Å². The molecule has 0 unspecified atom stereocenters. The molecule has 1 N–H and O–H groups in total. The molecule has 17 heavy (non-hydrogen) atoms. The predicted molar refractivity (Wildman–Crippen MR) is 72.0 cm³/mol. The van der Waals surface area contributed by atoms with E-state index in [1.54, 1.807) is 17.7 Å². The summed E-state index contributed by atoms with van der Waals surface area (Å²) in [6.45, 7) is 8.45. The molecule has 1 aliphatic rings. The number of fused-ring (bicyclic) bond motifs is 1. The summed E-state index contributed by atoms with van der Waals surface area (Å²) in [5, 5.41) is 4.62. The zero-order valence-corrected chi connectivity index (χ0v) is 11.0. The molecule has 0 radical (unpaired) electrons. The Hall–Kier alpha value is -1.20. The maximum Gasteiger partial charge on any atom is 0.141 e. The van der Waals surface area contributed by atoms with Crippen molar-refractivity contribution in [3.8, 4) is 0 Å². The second-order valence-corrected chi connectivity index (χ2v) is 5.60. The fourth-order valence-corrected chi connectivity index (χ4v) is 3.27. The summed E-state index contributed by atoms with van der Waals surface area (Å²) in [6.07, 6.45) is 1.69. The largest absolute Gasteiger partial charge is 0.353 e. The third-order valence-corrected chi connectivity index (χ3v) is 4.48. The third kappa shape index (κ3) is 1.79. The average Bonchev–Trinajstić information content (AvgIpc) is 2.66. The van der Waals surface area contributed by atoms with Gasteiger partial charge in [0.2, 0.25) is 0 Å². The van der Waals surface area contributed by atoms with Crippen LogP contribution in [0.5, 0.6) is 0 Å². The van der Waals surface area contributed by atoms with Crippen LogP contribution in [0.25, 0.3) is 10.2 Å². The quantitative estimate of drug-likeness (QED) is 0.834. The lowest BCUT2D eigenvalue weighted by atomic mass is 10.2. The Morgan fingerprint density at radius 3 is 2.76 bits per heavy atom. The van der Waals surface area contributed by atoms with Gasteiger partial charge in [-0.3, -0.25) is 0 Å². The summed E-state index contributed by atoms with van der Waals surface area (Å²) >= 11 is 1.76. The summed E-state index contributed by atoms with van der Waals surface area (Å²) in [6, 6.07) is 0. The summed E-state index contributed by atoms with van der Waals surface area (Å²) in [4.78, 5) is 13.7. The van der Waals surface area contributed by atoms with E-state index >= 15 is 0 Å². The van der Waals surface area contributed by atoms with Crippen molar-refractivity contribution < 1.29 is 0 Å². The maximum atomic E-state index is 4.50. The Balaban J connectivity index is 2.14. The van der Waals surface area contributed by atoms with Gasteiger partial charge in [-0.1, -0.05) is 0 Å². The van der Waals surface area contributed by atoms with Crippen molar-refractivity contribution in [2.75, 3.05) is 31.1 Å². The highest BCUT2D eigenvalue weighted by Crippen LogP contribution is 2.34. The predicted octanol–water partition coefficient (Wildman–Crippen LogP) is 1.72. The number of piperazine rings is 1. The van der Waals surface area contributed by atoms with Crippen LogP contribution >= 0.6 is 11.3 Å². The van der Waals surface area contributed by atoms with Gasteiger partial charge in [-0.25, -0.2) is 9.97 Å². The van der Waals surface area contributed by atoms with Gasteiger partial charge >= 0.3 is 0 Å². The molecule has 2 aromatic heterocycles. The Morgan fingerprint density at radius 2 is 2.00 bits per heavy atom. The van der Waals surface area contributed by atoms with Crippen molar-refractivity contribution in [3.63, 3.8) is 0 Å². The average molecular weight is 248 g/mol. The number of anilines is 1. The van der Waals surface area contributed by atoms with E-state index < -0.39 is 0 Å². The lowest BCUT2D eigenvalue weighted by molar-refractivity contribution is 0.586. The van der Waals surface area contributed by atoms with E-state index in [4.69, 9.17) is 0 Å². The minimum Gasteiger partial charge on any atom is -0.353 e. The Morgan fingerprint density at radius 1 is 1.24 bits per heavy atom. The number of aromatic nitrogens is 2. The molecular weight excluding hydrogens is 232 g/mol. The molecular formula is C12H16N4S. The first-order valence-corrected chi connectivity index (χ1v) is 6.75. The normalized spacial score (nSPS) is 16.7. The van der Waals surface area contributed by atoms with E-state index in [9.17, 15) is 0 Å². The van der Waals surface area contributed by atoms with E-state index in [1.165, 1.54) is 15.8 Å². The van der Waals surface area contributed by atoms with Gasteiger partial charge < -0.3 is 10.2 Å². The second kappa shape index (κ2) is 4.23. The van der Waals surface area contributed by atoms with Crippen LogP contribution in [-0.4, -0.2) is 36.1 Å². The Labute approximate surface area is 105 Å². The van der Waals surface area contributed by atoms with Crippen LogP contribution in [0.2, 0.25) is 0 Å². The van der Waals surface area contributed by atoms with Crippen LogP contribution in [0.1, 0.15) is 10.4 Å². The molecule has 0 bridgehead atoms. The van der Waals surface area contributed by atoms with Gasteiger partial charge in [-0.2, -0.15) is 0 Å². The van der Waals surface area contributed by atoms with Crippen molar-refractivity contribution >= 4 is 27.4 Å². The van der Waals surface area contributed by atoms with E-state index in [1.807, 2.05) is 0 Å². The van der Waals surface area contributed by atoms with Crippen LogP contribution < -0.4 is 10.2 Å². The van der Waals surface area contributed by atoms with E-state index in [2.05, 4.69) is 34.0 Å². The first kappa shape index (κ1) is 10.9. The van der Waals surface area contributed by atoms with Crippen LogP contribution in [0.4, 0.5) is 5.82 Å². The molecule has 3 heterocycles. The van der Waals surface area contributed by atoms with Gasteiger partial charge in [-0.15, -0.1) is 11.3 Å². The van der Waals surface area contributed by atoms with Gasteiger partial charge in [0.05, 0.1) is 5.39 Å². The van der Waals surface area contributed by atoms with Crippen LogP contribution in [0, 0.1) is 13.8 Å². The first-order chi connectivity index (χ1) is 8.27. The molecule has 0 aromatic carbocycles. The molecule has 2 aromatic rings. The van der Waals surface area contributed by atoms with Crippen molar-refractivity contribution in [1.29, 1.82) is 0 Å². The summed E-state index contributed by atoms with van der Waals surface area (Å²) in [7, 11) is 0. The summed E-state index contributed by atoms with van der Waals surface area (Å²) in [5.74, 6) is 1.11. The molecule has 3 rings (SSSR count). The van der Waals surface area contributed by atoms with Crippen molar-refractivity contribution in [2.24, 2.45) is 0 Å². The van der Waals surface area contributed by atoms with Gasteiger partial charge in [0.15, 0.2) is 0 Å². The zero-order chi connectivity index (χ0) is 11.8. The SMILES string of the molecule is Cc1sc2ncnc(N3CCNCC3)c2c1C. The fraction of sp³-hybridized carbons (Fsp3) is 0.500. The maximum absolute atomic E-state index is 4.50. The highest BCUT2D eigenvalue weighted by atomic mass is 32.1. The molecule has 0 aliphatic carbocycles. The topological polar surface area (TPSA) is 41.1 Å². The fourth-order valence-electron chi connectivity index (χ4n) is 2.28. The number of hydrogen-bond donors (Lipinski definition) is 1. The number of hydrogen-bond acceptors (Lipinski definition) is 5. The molecule has 1 fully saturated rings. The number of nitrogens with one attached hydrogen (secondary N) is 1. The molecule has 5 heteroatoms. The molecule has 1 aliphatic heterocycles. The minimum atomic E-state index is 1.03. The summed E-state index contributed by atoms with van der Waals surface area (Å²) in [5.41, 5.74) is 1.33. The molecule has 90 valence electrons. The Kier molecular flexibility index (Phi) is 2.72. The van der Waals surface area contributed by atoms with E-state index in [-0.39, 0.29) is 0 Å². The molecule has 0 spiro atoms. The van der Waals surface area contributed by atoms with Gasteiger partial charge in [0.25, 0.3) is 0 Å². The smallest absolute Gasteiger partial charge is 0.141 e. The first-order valence-electron chi connectivity index (χ1n) is 5.94. The number of aryl methyl sites for hydroxylation is 2. The van der Waals surface area contributed by atoms with Crippen LogP contribution in [0.3, 0.4) is 0 Å². The van der Waals surface area contributed by atoms with Crippen LogP contribution in [-0.2, 0) is 0 Å². The van der Waals surface area contributed by atoms with E-state index in [0.717, 1.165) is 36.8 Å². The highest BCUT2D eigenvalue weighted by molar-refractivity contribution is 7.18. The Bertz CT molecular complexity index is 543. The number of thiophene rings is 1. The molecule has 0 amide bonds. The van der Waals surface area contributed by atoms with E-state index in [0.29, 0.717) is 0 Å². The van der Waals surface area contributed by atoms with Gasteiger partial charge in [-0.05, 0) is 19.4 Å². The van der Waals surface area contributed by atoms with Crippen molar-refractivity contribution in [1.82, 2.24) is 15.3 Å². The lowest BCUT2D eigenvalue weighted by Gasteiger charge is -2.28. The molecule has 0 atom stereocenters.